The molecule has 24 heavy (non-hydrogen) atoms. The number of esters is 1. The Hall–Kier alpha value is -2.33. The van der Waals surface area contributed by atoms with Gasteiger partial charge < -0.3 is 14.8 Å². The second kappa shape index (κ2) is 9.73. The highest BCUT2D eigenvalue weighted by atomic mass is 16.5. The highest BCUT2D eigenvalue weighted by Crippen LogP contribution is 2.14. The second-order valence-electron chi connectivity index (χ2n) is 5.65. The lowest BCUT2D eigenvalue weighted by Crippen LogP contribution is -2.19. The minimum absolute atomic E-state index is 0.159. The fourth-order valence-electron chi connectivity index (χ4n) is 2.21. The van der Waals surface area contributed by atoms with Crippen LogP contribution in [0.15, 0.2) is 48.5 Å². The van der Waals surface area contributed by atoms with Crippen molar-refractivity contribution in [1.29, 1.82) is 0 Å². The summed E-state index contributed by atoms with van der Waals surface area (Å²) >= 11 is 0. The molecule has 0 aliphatic rings. The maximum Gasteiger partial charge on any atom is 0.307 e. The van der Waals surface area contributed by atoms with E-state index in [9.17, 15) is 4.79 Å². The highest BCUT2D eigenvalue weighted by Gasteiger charge is 2.01. The second-order valence-corrected chi connectivity index (χ2v) is 5.65. The fourth-order valence-corrected chi connectivity index (χ4v) is 2.21. The number of aryl methyl sites for hydroxylation is 1. The zero-order chi connectivity index (χ0) is 17.2. The summed E-state index contributed by atoms with van der Waals surface area (Å²) in [7, 11) is 0. The van der Waals surface area contributed by atoms with Gasteiger partial charge in [-0.15, -0.1) is 0 Å². The molecule has 0 fully saturated rings. The first-order valence-corrected chi connectivity index (χ1v) is 8.31. The predicted octanol–water partition coefficient (Wildman–Crippen LogP) is 3.62. The number of ether oxygens (including phenoxy) is 2. The van der Waals surface area contributed by atoms with Gasteiger partial charge in [0.15, 0.2) is 0 Å². The molecule has 0 bridgehead atoms. The zero-order valence-electron chi connectivity index (χ0n) is 14.4. The summed E-state index contributed by atoms with van der Waals surface area (Å²) < 4.78 is 10.7. The van der Waals surface area contributed by atoms with Gasteiger partial charge in [-0.3, -0.25) is 4.79 Å². The van der Waals surface area contributed by atoms with E-state index in [2.05, 4.69) is 36.5 Å². The van der Waals surface area contributed by atoms with E-state index in [1.54, 1.807) is 0 Å². The monoisotopic (exact) mass is 327 g/mol. The molecular formula is C20H25NO3. The third-order valence-corrected chi connectivity index (χ3v) is 3.59. The van der Waals surface area contributed by atoms with Crippen molar-refractivity contribution in [2.45, 2.75) is 33.4 Å². The summed E-state index contributed by atoms with van der Waals surface area (Å²) in [5.74, 6) is 0.721. The summed E-state index contributed by atoms with van der Waals surface area (Å²) in [6.07, 6.45) is 0.399. The average molecular weight is 327 g/mol. The molecule has 128 valence electrons. The zero-order valence-corrected chi connectivity index (χ0v) is 14.4. The van der Waals surface area contributed by atoms with Gasteiger partial charge >= 0.3 is 5.97 Å². The van der Waals surface area contributed by atoms with Crippen molar-refractivity contribution in [3.05, 3.63) is 65.2 Å². The van der Waals surface area contributed by atoms with E-state index in [-0.39, 0.29) is 5.97 Å². The van der Waals surface area contributed by atoms with Gasteiger partial charge in [-0.1, -0.05) is 42.0 Å². The molecule has 4 nitrogen and oxygen atoms in total. The molecule has 0 aliphatic heterocycles. The topological polar surface area (TPSA) is 47.6 Å². The standard InChI is InChI=1S/C20H25NO3/c1-3-23-20(22)12-13-21-14-17-6-8-18(9-7-17)15-24-19-10-4-16(2)5-11-19/h4-11,21H,3,12-15H2,1-2H3. The molecule has 0 aromatic heterocycles. The van der Waals surface area contributed by atoms with Gasteiger partial charge in [0.2, 0.25) is 0 Å². The molecule has 2 aromatic rings. The van der Waals surface area contributed by atoms with Gasteiger partial charge in [0.1, 0.15) is 12.4 Å². The molecular weight excluding hydrogens is 302 g/mol. The molecule has 0 atom stereocenters. The first-order valence-electron chi connectivity index (χ1n) is 8.31. The van der Waals surface area contributed by atoms with Gasteiger partial charge in [-0.25, -0.2) is 0 Å². The number of carbonyl (C=O) groups excluding carboxylic acids is 1. The quantitative estimate of drug-likeness (QED) is 0.564. The Kier molecular flexibility index (Phi) is 7.30. The Balaban J connectivity index is 1.70. The van der Waals surface area contributed by atoms with Crippen LogP contribution < -0.4 is 10.1 Å². The van der Waals surface area contributed by atoms with Crippen molar-refractivity contribution in [3.8, 4) is 5.75 Å². The van der Waals surface area contributed by atoms with Crippen molar-refractivity contribution in [1.82, 2.24) is 5.32 Å². The molecule has 0 radical (unpaired) electrons. The van der Waals surface area contributed by atoms with E-state index in [1.807, 2.05) is 31.2 Å². The summed E-state index contributed by atoms with van der Waals surface area (Å²) in [5.41, 5.74) is 3.53. The van der Waals surface area contributed by atoms with Gasteiger partial charge in [-0.2, -0.15) is 0 Å². The number of carbonyl (C=O) groups is 1. The minimum atomic E-state index is -0.159. The van der Waals surface area contributed by atoms with Crippen LogP contribution in [0.5, 0.6) is 5.75 Å². The van der Waals surface area contributed by atoms with Gasteiger partial charge in [0.05, 0.1) is 13.0 Å². The van der Waals surface area contributed by atoms with Crippen LogP contribution in [0.25, 0.3) is 0 Å². The fraction of sp³-hybridized carbons (Fsp3) is 0.350. The lowest BCUT2D eigenvalue weighted by Gasteiger charge is -2.08. The molecule has 0 aliphatic carbocycles. The first kappa shape index (κ1) is 18.0. The lowest BCUT2D eigenvalue weighted by molar-refractivity contribution is -0.142. The van der Waals surface area contributed by atoms with Gasteiger partial charge in [0, 0.05) is 13.1 Å². The molecule has 0 amide bonds. The lowest BCUT2D eigenvalue weighted by atomic mass is 10.1. The van der Waals surface area contributed by atoms with Crippen LogP contribution in [-0.4, -0.2) is 19.1 Å². The smallest absolute Gasteiger partial charge is 0.307 e. The number of hydrogen-bond donors (Lipinski definition) is 1. The van der Waals surface area contributed by atoms with E-state index < -0.39 is 0 Å². The molecule has 0 saturated carbocycles. The van der Waals surface area contributed by atoms with Crippen LogP contribution in [0.1, 0.15) is 30.0 Å². The molecule has 0 heterocycles. The summed E-state index contributed by atoms with van der Waals surface area (Å²) in [6.45, 7) is 6.22. The summed E-state index contributed by atoms with van der Waals surface area (Å²) in [5, 5.41) is 3.24. The Labute approximate surface area is 143 Å². The van der Waals surface area contributed by atoms with Crippen molar-refractivity contribution < 1.29 is 14.3 Å². The van der Waals surface area contributed by atoms with Crippen LogP contribution in [-0.2, 0) is 22.7 Å². The SMILES string of the molecule is CCOC(=O)CCNCc1ccc(COc2ccc(C)cc2)cc1. The summed E-state index contributed by atoms with van der Waals surface area (Å²) in [4.78, 5) is 11.2. The van der Waals surface area contributed by atoms with E-state index in [4.69, 9.17) is 9.47 Å². The van der Waals surface area contributed by atoms with Crippen LogP contribution in [0.2, 0.25) is 0 Å². The van der Waals surface area contributed by atoms with Crippen molar-refractivity contribution >= 4 is 5.97 Å². The highest BCUT2D eigenvalue weighted by molar-refractivity contribution is 5.69. The van der Waals surface area contributed by atoms with Gasteiger partial charge in [-0.05, 0) is 37.1 Å². The Morgan fingerprint density at radius 1 is 1.00 bits per heavy atom. The van der Waals surface area contributed by atoms with E-state index >= 15 is 0 Å². The van der Waals surface area contributed by atoms with E-state index in [1.165, 1.54) is 11.1 Å². The maximum atomic E-state index is 11.2. The normalized spacial score (nSPS) is 10.4. The van der Waals surface area contributed by atoms with Crippen LogP contribution >= 0.6 is 0 Å². The number of rotatable bonds is 9. The van der Waals surface area contributed by atoms with E-state index in [0.717, 1.165) is 17.9 Å². The maximum absolute atomic E-state index is 11.2. The molecule has 2 rings (SSSR count). The first-order chi connectivity index (χ1) is 11.7. The van der Waals surface area contributed by atoms with Crippen molar-refractivity contribution in [2.75, 3.05) is 13.2 Å². The minimum Gasteiger partial charge on any atom is -0.489 e. The molecule has 0 spiro atoms. The average Bonchev–Trinajstić information content (AvgIpc) is 2.59. The Morgan fingerprint density at radius 3 is 2.33 bits per heavy atom. The Morgan fingerprint density at radius 2 is 1.67 bits per heavy atom. The molecule has 1 N–H and O–H groups in total. The third kappa shape index (κ3) is 6.42. The van der Waals surface area contributed by atoms with Crippen LogP contribution in [0.3, 0.4) is 0 Å². The number of hydrogen-bond acceptors (Lipinski definition) is 4. The van der Waals surface area contributed by atoms with Crippen molar-refractivity contribution in [2.24, 2.45) is 0 Å². The number of benzene rings is 2. The molecule has 2 aromatic carbocycles. The van der Waals surface area contributed by atoms with Crippen LogP contribution in [0, 0.1) is 6.92 Å². The Bertz CT molecular complexity index is 620. The molecule has 0 saturated heterocycles. The predicted molar refractivity (Wildman–Crippen MR) is 94.9 cm³/mol. The molecule has 0 unspecified atom stereocenters. The van der Waals surface area contributed by atoms with Gasteiger partial charge in [0.25, 0.3) is 0 Å². The van der Waals surface area contributed by atoms with Crippen LogP contribution in [0.4, 0.5) is 0 Å². The number of nitrogens with one attached hydrogen (secondary N) is 1. The molecule has 4 heteroatoms. The summed E-state index contributed by atoms with van der Waals surface area (Å²) in [6, 6.07) is 16.3. The largest absolute Gasteiger partial charge is 0.489 e. The van der Waals surface area contributed by atoms with Crippen molar-refractivity contribution in [3.63, 3.8) is 0 Å². The third-order valence-electron chi connectivity index (χ3n) is 3.59. The van der Waals surface area contributed by atoms with E-state index in [0.29, 0.717) is 26.2 Å².